The van der Waals surface area contributed by atoms with Gasteiger partial charge >= 0.3 is 0 Å². The molecule has 4 heteroatoms. The van der Waals surface area contributed by atoms with Crippen molar-refractivity contribution in [3.05, 3.63) is 69.8 Å². The van der Waals surface area contributed by atoms with Crippen LogP contribution in [0.25, 0.3) is 0 Å². The summed E-state index contributed by atoms with van der Waals surface area (Å²) in [5.74, 6) is 0.197. The second-order valence-electron chi connectivity index (χ2n) is 7.17. The van der Waals surface area contributed by atoms with Gasteiger partial charge in [-0.3, -0.25) is 9.59 Å². The number of likely N-dealkylation sites (tertiary alicyclic amines) is 1. The number of rotatable bonds is 5. The zero-order valence-corrected chi connectivity index (χ0v) is 15.8. The van der Waals surface area contributed by atoms with Crippen LogP contribution in [-0.2, 0) is 17.9 Å². The molecular formula is C22H26N2O2. The normalized spacial score (nSPS) is 14.0. The Morgan fingerprint density at radius 3 is 2.31 bits per heavy atom. The summed E-state index contributed by atoms with van der Waals surface area (Å²) in [5.41, 5.74) is 6.23. The Bertz CT molecular complexity index is 825. The van der Waals surface area contributed by atoms with Gasteiger partial charge in [-0.25, -0.2) is 0 Å². The molecule has 1 aliphatic rings. The summed E-state index contributed by atoms with van der Waals surface area (Å²) < 4.78 is 0. The lowest BCUT2D eigenvalue weighted by Crippen LogP contribution is -2.24. The first kappa shape index (κ1) is 18.2. The number of carbonyl (C=O) groups is 2. The lowest BCUT2D eigenvalue weighted by atomic mass is 10.0. The van der Waals surface area contributed by atoms with Crippen LogP contribution in [-0.4, -0.2) is 23.3 Å². The second kappa shape index (κ2) is 7.73. The molecule has 1 aliphatic heterocycles. The van der Waals surface area contributed by atoms with Crippen molar-refractivity contribution in [2.75, 3.05) is 6.54 Å². The second-order valence-corrected chi connectivity index (χ2v) is 7.17. The third-order valence-electron chi connectivity index (χ3n) is 5.11. The fourth-order valence-corrected chi connectivity index (χ4v) is 3.34. The Labute approximate surface area is 155 Å². The zero-order valence-electron chi connectivity index (χ0n) is 15.8. The maximum Gasteiger partial charge on any atom is 0.251 e. The molecule has 0 radical (unpaired) electrons. The molecule has 3 rings (SSSR count). The highest BCUT2D eigenvalue weighted by Crippen LogP contribution is 2.16. The van der Waals surface area contributed by atoms with E-state index in [-0.39, 0.29) is 11.8 Å². The summed E-state index contributed by atoms with van der Waals surface area (Å²) >= 11 is 0. The minimum absolute atomic E-state index is 0.0441. The molecule has 26 heavy (non-hydrogen) atoms. The van der Waals surface area contributed by atoms with E-state index in [0.29, 0.717) is 19.5 Å². The van der Waals surface area contributed by atoms with Gasteiger partial charge in [-0.2, -0.15) is 0 Å². The quantitative estimate of drug-likeness (QED) is 0.894. The smallest absolute Gasteiger partial charge is 0.251 e. The van der Waals surface area contributed by atoms with Crippen LogP contribution in [0.4, 0.5) is 0 Å². The Morgan fingerprint density at radius 2 is 1.65 bits per heavy atom. The van der Waals surface area contributed by atoms with Crippen molar-refractivity contribution in [1.29, 1.82) is 0 Å². The maximum absolute atomic E-state index is 12.5. The van der Waals surface area contributed by atoms with Crippen molar-refractivity contribution in [3.63, 3.8) is 0 Å². The van der Waals surface area contributed by atoms with Crippen molar-refractivity contribution < 1.29 is 9.59 Å². The molecule has 4 nitrogen and oxygen atoms in total. The summed E-state index contributed by atoms with van der Waals surface area (Å²) in [7, 11) is 0. The van der Waals surface area contributed by atoms with Crippen LogP contribution in [0.15, 0.2) is 36.4 Å². The van der Waals surface area contributed by atoms with E-state index in [2.05, 4.69) is 18.3 Å². The van der Waals surface area contributed by atoms with E-state index in [4.69, 9.17) is 0 Å². The summed E-state index contributed by atoms with van der Waals surface area (Å²) in [6, 6.07) is 12.1. The lowest BCUT2D eigenvalue weighted by Gasteiger charge is -2.15. The molecule has 136 valence electrons. The summed E-state index contributed by atoms with van der Waals surface area (Å²) in [5, 5.41) is 3.00. The number of benzene rings is 2. The molecule has 2 aromatic carbocycles. The van der Waals surface area contributed by atoms with Crippen molar-refractivity contribution in [1.82, 2.24) is 10.2 Å². The van der Waals surface area contributed by atoms with Gasteiger partial charge < -0.3 is 10.2 Å². The minimum atomic E-state index is -0.0441. The van der Waals surface area contributed by atoms with Gasteiger partial charge in [0.2, 0.25) is 5.91 Å². The molecule has 0 aromatic heterocycles. The molecule has 2 aromatic rings. The predicted molar refractivity (Wildman–Crippen MR) is 103 cm³/mol. The lowest BCUT2D eigenvalue weighted by molar-refractivity contribution is -0.128. The first-order valence-corrected chi connectivity index (χ1v) is 9.15. The van der Waals surface area contributed by atoms with Gasteiger partial charge in [-0.1, -0.05) is 30.3 Å². The van der Waals surface area contributed by atoms with Gasteiger partial charge in [0.25, 0.3) is 5.91 Å². The van der Waals surface area contributed by atoms with Crippen molar-refractivity contribution in [2.24, 2.45) is 0 Å². The Morgan fingerprint density at radius 1 is 1.00 bits per heavy atom. The molecular weight excluding hydrogens is 324 g/mol. The standard InChI is InChI=1S/C22H26N2O2/c1-15-11-17(3)20(12-16(15)2)22(26)23-13-18-6-8-19(9-7-18)14-24-10-4-5-21(24)25/h6-9,11-12H,4-5,10,13-14H2,1-3H3,(H,23,26). The number of hydrogen-bond donors (Lipinski definition) is 1. The molecule has 1 heterocycles. The van der Waals surface area contributed by atoms with Crippen LogP contribution in [0.3, 0.4) is 0 Å². The van der Waals surface area contributed by atoms with E-state index in [0.717, 1.165) is 40.8 Å². The summed E-state index contributed by atoms with van der Waals surface area (Å²) in [6.07, 6.45) is 1.63. The highest BCUT2D eigenvalue weighted by atomic mass is 16.2. The van der Waals surface area contributed by atoms with Crippen LogP contribution in [0.2, 0.25) is 0 Å². The maximum atomic E-state index is 12.5. The topological polar surface area (TPSA) is 49.4 Å². The molecule has 0 atom stereocenters. The third-order valence-corrected chi connectivity index (χ3v) is 5.11. The van der Waals surface area contributed by atoms with Crippen LogP contribution < -0.4 is 5.32 Å². The Balaban J connectivity index is 1.58. The number of hydrogen-bond acceptors (Lipinski definition) is 2. The van der Waals surface area contributed by atoms with Crippen molar-refractivity contribution in [2.45, 2.75) is 46.7 Å². The van der Waals surface area contributed by atoms with Gasteiger partial charge in [0.1, 0.15) is 0 Å². The van der Waals surface area contributed by atoms with E-state index >= 15 is 0 Å². The Kier molecular flexibility index (Phi) is 5.40. The molecule has 0 spiro atoms. The average Bonchev–Trinajstić information content (AvgIpc) is 3.02. The fraction of sp³-hybridized carbons (Fsp3) is 0.364. The van der Waals surface area contributed by atoms with Crippen LogP contribution in [0, 0.1) is 20.8 Å². The van der Waals surface area contributed by atoms with E-state index in [1.807, 2.05) is 49.1 Å². The highest BCUT2D eigenvalue weighted by molar-refractivity contribution is 5.95. The first-order chi connectivity index (χ1) is 12.4. The molecule has 0 bridgehead atoms. The molecule has 1 N–H and O–H groups in total. The van der Waals surface area contributed by atoms with Crippen molar-refractivity contribution in [3.8, 4) is 0 Å². The monoisotopic (exact) mass is 350 g/mol. The number of nitrogens with zero attached hydrogens (tertiary/aromatic N) is 1. The number of aryl methyl sites for hydroxylation is 3. The average molecular weight is 350 g/mol. The predicted octanol–water partition coefficient (Wildman–Crippen LogP) is 3.66. The molecule has 2 amide bonds. The van der Waals surface area contributed by atoms with Crippen LogP contribution in [0.1, 0.15) is 51.0 Å². The molecule has 1 saturated heterocycles. The highest BCUT2D eigenvalue weighted by Gasteiger charge is 2.19. The van der Waals surface area contributed by atoms with Gasteiger partial charge in [0.15, 0.2) is 0 Å². The van der Waals surface area contributed by atoms with E-state index in [9.17, 15) is 9.59 Å². The van der Waals surface area contributed by atoms with Gasteiger partial charge in [-0.15, -0.1) is 0 Å². The third kappa shape index (κ3) is 4.13. The SMILES string of the molecule is Cc1cc(C)c(C(=O)NCc2ccc(CN3CCCC3=O)cc2)cc1C. The largest absolute Gasteiger partial charge is 0.348 e. The molecule has 1 fully saturated rings. The van der Waals surface area contributed by atoms with Gasteiger partial charge in [0, 0.05) is 31.6 Å². The van der Waals surface area contributed by atoms with E-state index in [1.54, 1.807) is 0 Å². The van der Waals surface area contributed by atoms with E-state index in [1.165, 1.54) is 5.56 Å². The molecule has 0 unspecified atom stereocenters. The van der Waals surface area contributed by atoms with Gasteiger partial charge in [0.05, 0.1) is 0 Å². The number of amides is 2. The first-order valence-electron chi connectivity index (χ1n) is 9.15. The Hall–Kier alpha value is -2.62. The van der Waals surface area contributed by atoms with Gasteiger partial charge in [-0.05, 0) is 61.1 Å². The summed E-state index contributed by atoms with van der Waals surface area (Å²) in [6.45, 7) is 8.07. The number of carbonyl (C=O) groups excluding carboxylic acids is 2. The van der Waals surface area contributed by atoms with Crippen LogP contribution in [0.5, 0.6) is 0 Å². The minimum Gasteiger partial charge on any atom is -0.348 e. The molecule has 0 saturated carbocycles. The molecule has 0 aliphatic carbocycles. The zero-order chi connectivity index (χ0) is 18.7. The van der Waals surface area contributed by atoms with Crippen molar-refractivity contribution >= 4 is 11.8 Å². The fourth-order valence-electron chi connectivity index (χ4n) is 3.34. The van der Waals surface area contributed by atoms with Crippen LogP contribution >= 0.6 is 0 Å². The summed E-state index contributed by atoms with van der Waals surface area (Å²) in [4.78, 5) is 26.1. The number of nitrogens with one attached hydrogen (secondary N) is 1. The van der Waals surface area contributed by atoms with E-state index < -0.39 is 0 Å².